The van der Waals surface area contributed by atoms with Crippen molar-refractivity contribution in [1.29, 1.82) is 0 Å². The zero-order valence-corrected chi connectivity index (χ0v) is 15.8. The van der Waals surface area contributed by atoms with E-state index < -0.39 is 9.84 Å². The summed E-state index contributed by atoms with van der Waals surface area (Å²) in [5.41, 5.74) is 0.601. The predicted octanol–water partition coefficient (Wildman–Crippen LogP) is 3.73. The van der Waals surface area contributed by atoms with Crippen molar-refractivity contribution in [3.63, 3.8) is 0 Å². The van der Waals surface area contributed by atoms with Crippen molar-refractivity contribution in [1.82, 2.24) is 4.90 Å². The number of sulfone groups is 1. The van der Waals surface area contributed by atoms with Crippen LogP contribution in [0.3, 0.4) is 0 Å². The van der Waals surface area contributed by atoms with Gasteiger partial charge in [-0.05, 0) is 40.8 Å². The number of carbonyl (C=O) groups excluding carboxylic acids is 1. The van der Waals surface area contributed by atoms with E-state index in [0.717, 1.165) is 15.6 Å². The molecule has 3 aromatic rings. The van der Waals surface area contributed by atoms with Gasteiger partial charge >= 0.3 is 0 Å². The summed E-state index contributed by atoms with van der Waals surface area (Å²) >= 11 is 1.58. The SMILES string of the molecule is O=C(c1ccc2ccccc2c1)N(Cc1cccs1)C1CCS(=O)(=O)C1. The first-order chi connectivity index (χ1) is 12.5. The van der Waals surface area contributed by atoms with E-state index in [1.165, 1.54) is 0 Å². The standard InChI is InChI=1S/C20H19NO3S2/c22-20(17-8-7-15-4-1-2-5-16(15)12-17)21(13-19-6-3-10-25-19)18-9-11-26(23,24)14-18/h1-8,10,12,18H,9,11,13-14H2. The Morgan fingerprint density at radius 1 is 1.08 bits per heavy atom. The molecule has 0 aliphatic carbocycles. The van der Waals surface area contributed by atoms with Crippen LogP contribution in [0.1, 0.15) is 21.7 Å². The number of fused-ring (bicyclic) bond motifs is 1. The Bertz CT molecular complexity index is 1040. The van der Waals surface area contributed by atoms with Crippen molar-refractivity contribution in [3.8, 4) is 0 Å². The highest BCUT2D eigenvalue weighted by Gasteiger charge is 2.35. The molecule has 2 aromatic carbocycles. The predicted molar refractivity (Wildman–Crippen MR) is 105 cm³/mol. The molecule has 0 N–H and O–H groups in total. The Balaban J connectivity index is 1.68. The van der Waals surface area contributed by atoms with Crippen molar-refractivity contribution < 1.29 is 13.2 Å². The Kier molecular flexibility index (Phi) is 4.54. The number of carbonyl (C=O) groups is 1. The van der Waals surface area contributed by atoms with Crippen LogP contribution in [0.2, 0.25) is 0 Å². The molecule has 26 heavy (non-hydrogen) atoms. The summed E-state index contributed by atoms with van der Waals surface area (Å²) in [6.07, 6.45) is 0.507. The molecule has 1 saturated heterocycles. The van der Waals surface area contributed by atoms with Gasteiger partial charge in [0.25, 0.3) is 5.91 Å². The van der Waals surface area contributed by atoms with E-state index in [1.807, 2.05) is 60.0 Å². The Morgan fingerprint density at radius 2 is 1.88 bits per heavy atom. The minimum atomic E-state index is -3.06. The minimum Gasteiger partial charge on any atom is -0.329 e. The molecule has 2 heterocycles. The quantitative estimate of drug-likeness (QED) is 0.688. The molecule has 1 atom stereocenters. The molecule has 4 rings (SSSR count). The van der Waals surface area contributed by atoms with Gasteiger partial charge in [0.1, 0.15) is 0 Å². The molecule has 0 spiro atoms. The smallest absolute Gasteiger partial charge is 0.254 e. The van der Waals surface area contributed by atoms with Gasteiger partial charge in [0.15, 0.2) is 9.84 Å². The Hall–Kier alpha value is -2.18. The van der Waals surface area contributed by atoms with Crippen LogP contribution in [0.5, 0.6) is 0 Å². The fraction of sp³-hybridized carbons (Fsp3) is 0.250. The largest absolute Gasteiger partial charge is 0.329 e. The monoisotopic (exact) mass is 385 g/mol. The second-order valence-corrected chi connectivity index (χ2v) is 9.89. The second-order valence-electron chi connectivity index (χ2n) is 6.63. The summed E-state index contributed by atoms with van der Waals surface area (Å²) in [5.74, 6) is 0.104. The van der Waals surface area contributed by atoms with Crippen LogP contribution in [0.15, 0.2) is 60.0 Å². The summed E-state index contributed by atoms with van der Waals surface area (Å²) in [4.78, 5) is 16.0. The van der Waals surface area contributed by atoms with Crippen LogP contribution in [0.25, 0.3) is 10.8 Å². The van der Waals surface area contributed by atoms with Gasteiger partial charge in [0.2, 0.25) is 0 Å². The van der Waals surface area contributed by atoms with E-state index in [0.29, 0.717) is 18.5 Å². The molecule has 6 heteroatoms. The van der Waals surface area contributed by atoms with E-state index in [4.69, 9.17) is 0 Å². The third-order valence-corrected chi connectivity index (χ3v) is 7.42. The second kappa shape index (κ2) is 6.85. The van der Waals surface area contributed by atoms with Crippen LogP contribution >= 0.6 is 11.3 Å². The van der Waals surface area contributed by atoms with E-state index in [-0.39, 0.29) is 23.5 Å². The van der Waals surface area contributed by atoms with Crippen molar-refractivity contribution in [2.75, 3.05) is 11.5 Å². The third kappa shape index (κ3) is 3.52. The number of thiophene rings is 1. The molecule has 134 valence electrons. The minimum absolute atomic E-state index is 0.0533. The van der Waals surface area contributed by atoms with Crippen molar-refractivity contribution in [2.45, 2.75) is 19.0 Å². The molecule has 1 aromatic heterocycles. The van der Waals surface area contributed by atoms with Crippen molar-refractivity contribution >= 4 is 37.9 Å². The molecular weight excluding hydrogens is 366 g/mol. The summed E-state index contributed by atoms with van der Waals surface area (Å²) in [7, 11) is -3.06. The van der Waals surface area contributed by atoms with Gasteiger partial charge in [0.05, 0.1) is 18.1 Å². The molecule has 0 saturated carbocycles. The molecule has 1 aliphatic rings. The number of hydrogen-bond acceptors (Lipinski definition) is 4. The zero-order chi connectivity index (χ0) is 18.1. The van der Waals surface area contributed by atoms with Crippen LogP contribution in [0.4, 0.5) is 0 Å². The number of nitrogens with zero attached hydrogens (tertiary/aromatic N) is 1. The highest BCUT2D eigenvalue weighted by molar-refractivity contribution is 7.91. The lowest BCUT2D eigenvalue weighted by Crippen LogP contribution is -2.40. The molecule has 1 aliphatic heterocycles. The molecule has 4 nitrogen and oxygen atoms in total. The van der Waals surface area contributed by atoms with Crippen LogP contribution in [-0.2, 0) is 16.4 Å². The maximum Gasteiger partial charge on any atom is 0.254 e. The van der Waals surface area contributed by atoms with Gasteiger partial charge in [0, 0.05) is 16.5 Å². The van der Waals surface area contributed by atoms with Gasteiger partial charge in [-0.3, -0.25) is 4.79 Å². The lowest BCUT2D eigenvalue weighted by Gasteiger charge is -2.28. The number of benzene rings is 2. The summed E-state index contributed by atoms with van der Waals surface area (Å²) < 4.78 is 23.9. The average molecular weight is 386 g/mol. The van der Waals surface area contributed by atoms with Crippen LogP contribution in [-0.4, -0.2) is 36.8 Å². The molecule has 0 bridgehead atoms. The topological polar surface area (TPSA) is 54.5 Å². The molecular formula is C20H19NO3S2. The van der Waals surface area contributed by atoms with Crippen molar-refractivity contribution in [2.24, 2.45) is 0 Å². The van der Waals surface area contributed by atoms with Gasteiger partial charge in [-0.15, -0.1) is 11.3 Å². The van der Waals surface area contributed by atoms with Gasteiger partial charge in [-0.1, -0.05) is 36.4 Å². The molecule has 0 radical (unpaired) electrons. The number of amides is 1. The lowest BCUT2D eigenvalue weighted by atomic mass is 10.1. The fourth-order valence-corrected chi connectivity index (χ4v) is 5.88. The molecule has 1 amide bonds. The maximum absolute atomic E-state index is 13.2. The lowest BCUT2D eigenvalue weighted by molar-refractivity contribution is 0.0683. The summed E-state index contributed by atoms with van der Waals surface area (Å²) in [6.45, 7) is 0.448. The summed E-state index contributed by atoms with van der Waals surface area (Å²) in [6, 6.07) is 17.2. The Labute approximate surface area is 157 Å². The first-order valence-electron chi connectivity index (χ1n) is 8.54. The maximum atomic E-state index is 13.2. The van der Waals surface area contributed by atoms with E-state index in [9.17, 15) is 13.2 Å². The molecule has 1 fully saturated rings. The van der Waals surface area contributed by atoms with Gasteiger partial charge < -0.3 is 4.90 Å². The van der Waals surface area contributed by atoms with E-state index in [1.54, 1.807) is 16.2 Å². The van der Waals surface area contributed by atoms with E-state index >= 15 is 0 Å². The van der Waals surface area contributed by atoms with Crippen molar-refractivity contribution in [3.05, 3.63) is 70.4 Å². The highest BCUT2D eigenvalue weighted by atomic mass is 32.2. The van der Waals surface area contributed by atoms with Gasteiger partial charge in [-0.2, -0.15) is 0 Å². The first kappa shape index (κ1) is 17.2. The van der Waals surface area contributed by atoms with E-state index in [2.05, 4.69) is 0 Å². The average Bonchev–Trinajstić information content (AvgIpc) is 3.27. The molecule has 1 unspecified atom stereocenters. The number of rotatable bonds is 4. The van der Waals surface area contributed by atoms with Gasteiger partial charge in [-0.25, -0.2) is 8.42 Å². The number of hydrogen-bond donors (Lipinski definition) is 0. The normalized spacial score (nSPS) is 18.8. The Morgan fingerprint density at radius 3 is 2.58 bits per heavy atom. The zero-order valence-electron chi connectivity index (χ0n) is 14.2. The third-order valence-electron chi connectivity index (χ3n) is 4.81. The highest BCUT2D eigenvalue weighted by Crippen LogP contribution is 2.25. The fourth-order valence-electron chi connectivity index (χ4n) is 3.45. The van der Waals surface area contributed by atoms with Crippen LogP contribution < -0.4 is 0 Å². The first-order valence-corrected chi connectivity index (χ1v) is 11.2. The van der Waals surface area contributed by atoms with Crippen LogP contribution in [0, 0.1) is 0 Å². The summed E-state index contributed by atoms with van der Waals surface area (Å²) in [5, 5.41) is 4.06.